The highest BCUT2D eigenvalue weighted by Crippen LogP contribution is 2.39. The zero-order chi connectivity index (χ0) is 19.5. The summed E-state index contributed by atoms with van der Waals surface area (Å²) in [6, 6.07) is 7.16. The molecule has 0 spiro atoms. The van der Waals surface area contributed by atoms with E-state index >= 15 is 0 Å². The minimum absolute atomic E-state index is 0.0551. The highest BCUT2D eigenvalue weighted by atomic mass is 16.5. The van der Waals surface area contributed by atoms with Crippen molar-refractivity contribution in [1.82, 2.24) is 0 Å². The number of aliphatic hydroxyl groups excluding tert-OH is 1. The number of phenolic OH excluding ortho intramolecular Hbond substituents is 2. The quantitative estimate of drug-likeness (QED) is 0.520. The lowest BCUT2D eigenvalue weighted by Crippen LogP contribution is -2.46. The average Bonchev–Trinajstić information content (AvgIpc) is 2.58. The predicted octanol–water partition coefficient (Wildman–Crippen LogP) is 2.65. The van der Waals surface area contributed by atoms with E-state index in [1.165, 1.54) is 6.07 Å². The van der Waals surface area contributed by atoms with Crippen LogP contribution in [0, 0.1) is 0 Å². The fourth-order valence-electron chi connectivity index (χ4n) is 3.26. The molecular formula is C20H18O7. The minimum atomic E-state index is -0.807. The zero-order valence-corrected chi connectivity index (χ0v) is 14.7. The van der Waals surface area contributed by atoms with Crippen LogP contribution in [0.2, 0.25) is 0 Å². The molecule has 1 aromatic heterocycles. The van der Waals surface area contributed by atoms with Gasteiger partial charge < -0.3 is 29.6 Å². The molecule has 0 aliphatic carbocycles. The first-order valence-electron chi connectivity index (χ1n) is 8.39. The number of benzene rings is 2. The third-order valence-electron chi connectivity index (χ3n) is 4.85. The van der Waals surface area contributed by atoms with Crippen molar-refractivity contribution in [2.24, 2.45) is 0 Å². The number of rotatable bonds is 1. The first kappa shape index (κ1) is 17.2. The van der Waals surface area contributed by atoms with Crippen LogP contribution < -0.4 is 10.2 Å². The zero-order valence-electron chi connectivity index (χ0n) is 14.7. The van der Waals surface area contributed by atoms with Crippen LogP contribution in [0.4, 0.5) is 0 Å². The molecule has 2 heterocycles. The third kappa shape index (κ3) is 2.67. The molecule has 2 aromatic carbocycles. The van der Waals surface area contributed by atoms with E-state index in [1.807, 2.05) is 0 Å². The monoisotopic (exact) mass is 370 g/mol. The molecule has 0 saturated carbocycles. The van der Waals surface area contributed by atoms with Crippen LogP contribution in [0.25, 0.3) is 22.3 Å². The molecule has 1 atom stereocenters. The summed E-state index contributed by atoms with van der Waals surface area (Å²) in [5.74, 6) is -0.901. The smallest absolute Gasteiger partial charge is 0.238 e. The van der Waals surface area contributed by atoms with Gasteiger partial charge in [-0.1, -0.05) is 0 Å². The van der Waals surface area contributed by atoms with Crippen LogP contribution in [0.5, 0.6) is 23.0 Å². The highest BCUT2D eigenvalue weighted by molar-refractivity contribution is 5.88. The third-order valence-corrected chi connectivity index (χ3v) is 4.85. The molecule has 7 nitrogen and oxygen atoms in total. The lowest BCUT2D eigenvalue weighted by Gasteiger charge is -2.37. The van der Waals surface area contributed by atoms with Gasteiger partial charge in [-0.15, -0.1) is 0 Å². The Morgan fingerprint density at radius 2 is 1.85 bits per heavy atom. The van der Waals surface area contributed by atoms with E-state index in [2.05, 4.69) is 0 Å². The van der Waals surface area contributed by atoms with Crippen LogP contribution in [-0.4, -0.2) is 32.1 Å². The molecule has 0 fully saturated rings. The first-order valence-corrected chi connectivity index (χ1v) is 8.39. The molecule has 1 unspecified atom stereocenters. The van der Waals surface area contributed by atoms with Crippen LogP contribution >= 0.6 is 0 Å². The summed E-state index contributed by atoms with van der Waals surface area (Å²) in [7, 11) is 0. The molecule has 0 radical (unpaired) electrons. The van der Waals surface area contributed by atoms with Gasteiger partial charge in [0.2, 0.25) is 11.2 Å². The second kappa shape index (κ2) is 5.65. The number of fused-ring (bicyclic) bond motifs is 2. The maximum Gasteiger partial charge on any atom is 0.238 e. The van der Waals surface area contributed by atoms with E-state index in [-0.39, 0.29) is 22.5 Å². The minimum Gasteiger partial charge on any atom is -0.508 e. The molecule has 1 aliphatic heterocycles. The second-order valence-corrected chi connectivity index (χ2v) is 7.19. The molecule has 27 heavy (non-hydrogen) atoms. The van der Waals surface area contributed by atoms with Crippen LogP contribution in [0.1, 0.15) is 19.4 Å². The summed E-state index contributed by atoms with van der Waals surface area (Å²) in [4.78, 5) is 12.5. The summed E-state index contributed by atoms with van der Waals surface area (Å²) < 4.78 is 11.4. The molecule has 0 amide bonds. The maximum atomic E-state index is 12.5. The predicted molar refractivity (Wildman–Crippen MR) is 97.3 cm³/mol. The summed E-state index contributed by atoms with van der Waals surface area (Å²) in [5.41, 5.74) is -0.468. The van der Waals surface area contributed by atoms with Crippen LogP contribution in [0.3, 0.4) is 0 Å². The molecule has 0 saturated heterocycles. The second-order valence-electron chi connectivity index (χ2n) is 7.19. The van der Waals surface area contributed by atoms with Crippen molar-refractivity contribution in [3.05, 3.63) is 46.1 Å². The summed E-state index contributed by atoms with van der Waals surface area (Å²) in [5, 5.41) is 39.9. The average molecular weight is 370 g/mol. The van der Waals surface area contributed by atoms with Gasteiger partial charge in [-0.2, -0.15) is 0 Å². The number of aliphatic hydroxyl groups is 1. The standard InChI is InChI=1S/C20H18O7/c1-20(2)15(23)6-10-5-9(3-4-13(10)27-20)19-18(25)17(24)16-12(22)7-11(21)8-14(16)26-19/h3-5,7-8,15,21-23,25H,6H2,1-2H3. The molecule has 0 bridgehead atoms. The van der Waals surface area contributed by atoms with E-state index in [1.54, 1.807) is 32.0 Å². The molecule has 4 N–H and O–H groups in total. The topological polar surface area (TPSA) is 120 Å². The lowest BCUT2D eigenvalue weighted by atomic mass is 9.90. The van der Waals surface area contributed by atoms with E-state index < -0.39 is 28.6 Å². The van der Waals surface area contributed by atoms with Gasteiger partial charge in [0.15, 0.2) is 5.76 Å². The Balaban J connectivity index is 1.90. The van der Waals surface area contributed by atoms with Crippen molar-refractivity contribution in [2.75, 3.05) is 0 Å². The Morgan fingerprint density at radius 1 is 1.11 bits per heavy atom. The Hall–Kier alpha value is -3.19. The van der Waals surface area contributed by atoms with Gasteiger partial charge in [-0.25, -0.2) is 0 Å². The Bertz CT molecular complexity index is 1130. The molecule has 140 valence electrons. The summed E-state index contributed by atoms with van der Waals surface area (Å²) >= 11 is 0. The highest BCUT2D eigenvalue weighted by Gasteiger charge is 2.35. The van der Waals surface area contributed by atoms with Gasteiger partial charge in [0.05, 0.1) is 6.10 Å². The summed E-state index contributed by atoms with van der Waals surface area (Å²) in [6.07, 6.45) is -0.373. The van der Waals surface area contributed by atoms with Crippen molar-refractivity contribution in [3.63, 3.8) is 0 Å². The SMILES string of the molecule is CC1(C)Oc2ccc(-c3oc4cc(O)cc(O)c4c(=O)c3O)cc2CC1O. The largest absolute Gasteiger partial charge is 0.508 e. The first-order chi connectivity index (χ1) is 12.7. The van der Waals surface area contributed by atoms with Gasteiger partial charge in [-0.05, 0) is 37.6 Å². The van der Waals surface area contributed by atoms with E-state index in [9.17, 15) is 25.2 Å². The fourth-order valence-corrected chi connectivity index (χ4v) is 3.26. The molecule has 4 rings (SSSR count). The number of ether oxygens (including phenoxy) is 1. The van der Waals surface area contributed by atoms with E-state index in [0.717, 1.165) is 6.07 Å². The molecular weight excluding hydrogens is 352 g/mol. The number of phenols is 2. The normalized spacial score (nSPS) is 18.1. The van der Waals surface area contributed by atoms with Crippen molar-refractivity contribution >= 4 is 11.0 Å². The van der Waals surface area contributed by atoms with Crippen molar-refractivity contribution < 1.29 is 29.6 Å². The number of hydrogen-bond donors (Lipinski definition) is 4. The van der Waals surface area contributed by atoms with Gasteiger partial charge in [-0.3, -0.25) is 4.79 Å². The fraction of sp³-hybridized carbons (Fsp3) is 0.250. The van der Waals surface area contributed by atoms with E-state index in [4.69, 9.17) is 9.15 Å². The number of hydrogen-bond acceptors (Lipinski definition) is 7. The van der Waals surface area contributed by atoms with Crippen molar-refractivity contribution in [1.29, 1.82) is 0 Å². The Labute approximate surface area is 153 Å². The number of aromatic hydroxyl groups is 3. The molecule has 1 aliphatic rings. The van der Waals surface area contributed by atoms with Gasteiger partial charge >= 0.3 is 0 Å². The maximum absolute atomic E-state index is 12.5. The van der Waals surface area contributed by atoms with Gasteiger partial charge in [0.25, 0.3) is 0 Å². The van der Waals surface area contributed by atoms with Crippen LogP contribution in [0.15, 0.2) is 39.5 Å². The van der Waals surface area contributed by atoms with Crippen molar-refractivity contribution in [3.8, 4) is 34.3 Å². The Morgan fingerprint density at radius 3 is 2.59 bits per heavy atom. The summed E-state index contributed by atoms with van der Waals surface area (Å²) in [6.45, 7) is 3.59. The molecule has 7 heteroatoms. The van der Waals surface area contributed by atoms with Crippen LogP contribution in [-0.2, 0) is 6.42 Å². The molecule has 3 aromatic rings. The van der Waals surface area contributed by atoms with E-state index in [0.29, 0.717) is 23.3 Å². The van der Waals surface area contributed by atoms with Gasteiger partial charge in [0.1, 0.15) is 33.8 Å². The lowest BCUT2D eigenvalue weighted by molar-refractivity contribution is -0.0411. The van der Waals surface area contributed by atoms with Crippen molar-refractivity contribution in [2.45, 2.75) is 32.0 Å². The van der Waals surface area contributed by atoms with Gasteiger partial charge in [0, 0.05) is 24.1 Å². The Kier molecular flexibility index (Phi) is 3.61.